The second kappa shape index (κ2) is 5.40. The summed E-state index contributed by atoms with van der Waals surface area (Å²) in [6.45, 7) is 7.04. The minimum Gasteiger partial charge on any atom is -0.488 e. The van der Waals surface area contributed by atoms with Gasteiger partial charge in [0.15, 0.2) is 5.13 Å². The van der Waals surface area contributed by atoms with E-state index in [1.807, 2.05) is 6.07 Å². The average Bonchev–Trinajstić information content (AvgIpc) is 2.72. The van der Waals surface area contributed by atoms with E-state index in [0.29, 0.717) is 17.7 Å². The van der Waals surface area contributed by atoms with Gasteiger partial charge in [0.25, 0.3) is 0 Å². The number of hydrogen-bond acceptors (Lipinski definition) is 4. The molecule has 96 valence electrons. The minimum atomic E-state index is 0.523. The largest absolute Gasteiger partial charge is 0.488 e. The maximum Gasteiger partial charge on any atom is 0.180 e. The summed E-state index contributed by atoms with van der Waals surface area (Å²) in [7, 11) is 0. The number of thiazole rings is 1. The molecule has 0 bridgehead atoms. The maximum absolute atomic E-state index is 5.74. The first kappa shape index (κ1) is 12.9. The van der Waals surface area contributed by atoms with Gasteiger partial charge in [-0.15, -0.1) is 0 Å². The van der Waals surface area contributed by atoms with Crippen molar-refractivity contribution in [1.29, 1.82) is 0 Å². The smallest absolute Gasteiger partial charge is 0.180 e. The molecule has 1 heterocycles. The average molecular weight is 262 g/mol. The van der Waals surface area contributed by atoms with Crippen LogP contribution in [0.1, 0.15) is 35.8 Å². The van der Waals surface area contributed by atoms with Crippen molar-refractivity contribution in [2.24, 2.45) is 0 Å². The standard InChI is InChI=1S/C14H18N2OS/c1-9(2)13-5-4-11(6-10(13)3)17-8-12-7-16-14(15)18-12/h4-7,9H,8H2,1-3H3,(H2,15,16). The zero-order chi connectivity index (χ0) is 13.1. The molecule has 0 aliphatic rings. The number of nitrogens with zero attached hydrogens (tertiary/aromatic N) is 1. The van der Waals surface area contributed by atoms with Gasteiger partial charge in [-0.3, -0.25) is 0 Å². The number of nitrogens with two attached hydrogens (primary N) is 1. The van der Waals surface area contributed by atoms with Gasteiger partial charge < -0.3 is 10.5 Å². The Balaban J connectivity index is 2.04. The van der Waals surface area contributed by atoms with Crippen LogP contribution in [-0.4, -0.2) is 4.98 Å². The first-order chi connectivity index (χ1) is 8.56. The summed E-state index contributed by atoms with van der Waals surface area (Å²) in [6, 6.07) is 6.24. The fourth-order valence-corrected chi connectivity index (χ4v) is 2.53. The van der Waals surface area contributed by atoms with Crippen molar-refractivity contribution >= 4 is 16.5 Å². The first-order valence-corrected chi connectivity index (χ1v) is 6.81. The highest BCUT2D eigenvalue weighted by atomic mass is 32.1. The van der Waals surface area contributed by atoms with Crippen LogP contribution in [0.3, 0.4) is 0 Å². The predicted molar refractivity (Wildman–Crippen MR) is 76.1 cm³/mol. The number of aryl methyl sites for hydroxylation is 1. The van der Waals surface area contributed by atoms with Crippen molar-refractivity contribution in [1.82, 2.24) is 4.98 Å². The molecular formula is C14H18N2OS. The molecule has 1 aromatic carbocycles. The summed E-state index contributed by atoms with van der Waals surface area (Å²) in [5, 5.41) is 0.583. The Morgan fingerprint density at radius 3 is 2.72 bits per heavy atom. The van der Waals surface area contributed by atoms with E-state index in [1.54, 1.807) is 6.20 Å². The molecule has 0 spiro atoms. The molecule has 1 aromatic heterocycles. The van der Waals surface area contributed by atoms with Gasteiger partial charge in [-0.25, -0.2) is 4.98 Å². The molecule has 0 aliphatic carbocycles. The summed E-state index contributed by atoms with van der Waals surface area (Å²) >= 11 is 1.46. The summed E-state index contributed by atoms with van der Waals surface area (Å²) in [4.78, 5) is 5.04. The van der Waals surface area contributed by atoms with Gasteiger partial charge in [0.1, 0.15) is 12.4 Å². The lowest BCUT2D eigenvalue weighted by Crippen LogP contribution is -1.96. The molecule has 2 rings (SSSR count). The molecule has 0 saturated heterocycles. The van der Waals surface area contributed by atoms with E-state index in [1.165, 1.54) is 22.5 Å². The number of ether oxygens (including phenoxy) is 1. The van der Waals surface area contributed by atoms with Crippen LogP contribution >= 0.6 is 11.3 Å². The zero-order valence-electron chi connectivity index (χ0n) is 10.9. The van der Waals surface area contributed by atoms with E-state index >= 15 is 0 Å². The van der Waals surface area contributed by atoms with Crippen LogP contribution in [0.5, 0.6) is 5.75 Å². The van der Waals surface area contributed by atoms with Crippen LogP contribution < -0.4 is 10.5 Å². The monoisotopic (exact) mass is 262 g/mol. The highest BCUT2D eigenvalue weighted by molar-refractivity contribution is 7.15. The second-order valence-corrected chi connectivity index (χ2v) is 5.77. The maximum atomic E-state index is 5.74. The molecule has 2 N–H and O–H groups in total. The Kier molecular flexibility index (Phi) is 3.87. The number of benzene rings is 1. The fourth-order valence-electron chi connectivity index (χ4n) is 1.93. The molecule has 4 heteroatoms. The third-order valence-corrected chi connectivity index (χ3v) is 3.62. The minimum absolute atomic E-state index is 0.523. The third-order valence-electron chi connectivity index (χ3n) is 2.82. The predicted octanol–water partition coefficient (Wildman–Crippen LogP) is 3.74. The molecule has 0 fully saturated rings. The normalized spacial score (nSPS) is 10.9. The topological polar surface area (TPSA) is 48.1 Å². The highest BCUT2D eigenvalue weighted by Gasteiger charge is 2.05. The van der Waals surface area contributed by atoms with Crippen LogP contribution in [0, 0.1) is 6.92 Å². The Morgan fingerprint density at radius 1 is 1.39 bits per heavy atom. The quantitative estimate of drug-likeness (QED) is 0.913. The summed E-state index contributed by atoms with van der Waals surface area (Å²) in [5.74, 6) is 1.43. The number of aromatic nitrogens is 1. The fraction of sp³-hybridized carbons (Fsp3) is 0.357. The van der Waals surface area contributed by atoms with Gasteiger partial charge in [0.2, 0.25) is 0 Å². The number of hydrogen-bond donors (Lipinski definition) is 1. The van der Waals surface area contributed by atoms with Crippen molar-refractivity contribution in [3.05, 3.63) is 40.4 Å². The van der Waals surface area contributed by atoms with Crippen LogP contribution in [0.25, 0.3) is 0 Å². The van der Waals surface area contributed by atoms with Crippen LogP contribution in [0.4, 0.5) is 5.13 Å². The Labute approximate surface area is 112 Å². The molecule has 3 nitrogen and oxygen atoms in total. The lowest BCUT2D eigenvalue weighted by Gasteiger charge is -2.12. The van der Waals surface area contributed by atoms with Crippen molar-refractivity contribution in [2.45, 2.75) is 33.3 Å². The Morgan fingerprint density at radius 2 is 2.17 bits per heavy atom. The number of nitrogen functional groups attached to an aromatic ring is 1. The van der Waals surface area contributed by atoms with Gasteiger partial charge in [-0.05, 0) is 36.1 Å². The second-order valence-electron chi connectivity index (χ2n) is 4.63. The molecule has 0 amide bonds. The Bertz CT molecular complexity index is 534. The van der Waals surface area contributed by atoms with Gasteiger partial charge in [0.05, 0.1) is 4.88 Å². The van der Waals surface area contributed by atoms with Crippen LogP contribution in [0.15, 0.2) is 24.4 Å². The lowest BCUT2D eigenvalue weighted by molar-refractivity contribution is 0.309. The summed E-state index contributed by atoms with van der Waals surface area (Å²) < 4.78 is 5.74. The third kappa shape index (κ3) is 3.01. The molecule has 0 radical (unpaired) electrons. The van der Waals surface area contributed by atoms with E-state index in [2.05, 4.69) is 37.9 Å². The molecule has 0 aliphatic heterocycles. The van der Waals surface area contributed by atoms with Crippen LogP contribution in [-0.2, 0) is 6.61 Å². The van der Waals surface area contributed by atoms with Crippen LogP contribution in [0.2, 0.25) is 0 Å². The molecular weight excluding hydrogens is 244 g/mol. The van der Waals surface area contributed by atoms with Gasteiger partial charge in [0, 0.05) is 6.20 Å². The van der Waals surface area contributed by atoms with Crippen molar-refractivity contribution in [2.75, 3.05) is 5.73 Å². The highest BCUT2D eigenvalue weighted by Crippen LogP contribution is 2.24. The molecule has 0 saturated carbocycles. The Hall–Kier alpha value is -1.55. The van der Waals surface area contributed by atoms with Crippen molar-refractivity contribution in [3.8, 4) is 5.75 Å². The lowest BCUT2D eigenvalue weighted by atomic mass is 9.98. The summed E-state index contributed by atoms with van der Waals surface area (Å²) in [5.41, 5.74) is 8.21. The van der Waals surface area contributed by atoms with E-state index < -0.39 is 0 Å². The van der Waals surface area contributed by atoms with E-state index in [9.17, 15) is 0 Å². The zero-order valence-corrected chi connectivity index (χ0v) is 11.8. The SMILES string of the molecule is Cc1cc(OCc2cnc(N)s2)ccc1C(C)C. The van der Waals surface area contributed by atoms with E-state index in [-0.39, 0.29) is 0 Å². The van der Waals surface area contributed by atoms with Gasteiger partial charge >= 0.3 is 0 Å². The van der Waals surface area contributed by atoms with E-state index in [4.69, 9.17) is 10.5 Å². The van der Waals surface area contributed by atoms with Gasteiger partial charge in [-0.2, -0.15) is 0 Å². The number of anilines is 1. The first-order valence-electron chi connectivity index (χ1n) is 6.00. The molecule has 2 aromatic rings. The van der Waals surface area contributed by atoms with E-state index in [0.717, 1.165) is 10.6 Å². The molecule has 0 unspecified atom stereocenters. The van der Waals surface area contributed by atoms with Crippen molar-refractivity contribution < 1.29 is 4.74 Å². The molecule has 18 heavy (non-hydrogen) atoms. The summed E-state index contributed by atoms with van der Waals surface area (Å²) in [6.07, 6.45) is 1.76. The molecule has 0 atom stereocenters. The van der Waals surface area contributed by atoms with Crippen molar-refractivity contribution in [3.63, 3.8) is 0 Å². The van der Waals surface area contributed by atoms with Gasteiger partial charge in [-0.1, -0.05) is 31.3 Å². The number of rotatable bonds is 4.